The van der Waals surface area contributed by atoms with Crippen molar-refractivity contribution in [1.29, 1.82) is 0 Å². The zero-order valence-corrected chi connectivity index (χ0v) is 37.6. The maximum absolute atomic E-state index is 5.10. The van der Waals surface area contributed by atoms with Gasteiger partial charge in [0, 0.05) is 69.3 Å². The summed E-state index contributed by atoms with van der Waals surface area (Å²) in [4.78, 5) is 19.4. The highest BCUT2D eigenvalue weighted by molar-refractivity contribution is 6.03. The molecule has 0 atom stereocenters. The van der Waals surface area contributed by atoms with E-state index in [0.717, 1.165) is 79.3 Å². The van der Waals surface area contributed by atoms with Crippen molar-refractivity contribution in [2.75, 3.05) is 19.6 Å². The Morgan fingerprint density at radius 3 is 0.788 bits per heavy atom. The van der Waals surface area contributed by atoms with Gasteiger partial charge in [0.1, 0.15) is 11.0 Å². The second kappa shape index (κ2) is 18.3. The van der Waals surface area contributed by atoms with Gasteiger partial charge >= 0.3 is 0 Å². The van der Waals surface area contributed by atoms with E-state index in [1.54, 1.807) is 12.4 Å². The Kier molecular flexibility index (Phi) is 11.5. The highest BCUT2D eigenvalue weighted by atomic mass is 15.2. The summed E-state index contributed by atoms with van der Waals surface area (Å²) in [5, 5.41) is 0. The minimum Gasteiger partial charge on any atom is -0.310 e. The number of benzene rings is 9. The van der Waals surface area contributed by atoms with Gasteiger partial charge in [0.05, 0.1) is 11.4 Å². The fourth-order valence-electron chi connectivity index (χ4n) is 8.86. The molecule has 6 nitrogen and oxygen atoms in total. The lowest BCUT2D eigenvalue weighted by molar-refractivity contribution is 1.21. The summed E-state index contributed by atoms with van der Waals surface area (Å²) in [5.74, 6) is 0. The molecule has 10 aromatic rings. The van der Waals surface area contributed by atoms with Crippen LogP contribution in [0.15, 0.2) is 231 Å². The lowest BCUT2D eigenvalue weighted by Gasteiger charge is -2.31. The van der Waals surface area contributed by atoms with E-state index in [1.165, 1.54) is 22.3 Å². The first-order valence-corrected chi connectivity index (χ1v) is 22.4. The predicted molar refractivity (Wildman–Crippen MR) is 277 cm³/mol. The molecule has 320 valence electrons. The number of para-hydroxylation sites is 2. The number of nitrogens with zero attached hydrogens (tertiary/aromatic N) is 6. The molecule has 1 aromatic heterocycles. The van der Waals surface area contributed by atoms with Gasteiger partial charge in [-0.15, -0.1) is 0 Å². The van der Waals surface area contributed by atoms with E-state index in [2.05, 4.69) is 266 Å². The molecule has 0 fully saturated rings. The van der Waals surface area contributed by atoms with Gasteiger partial charge in [0.2, 0.25) is 0 Å². The second-order valence-electron chi connectivity index (χ2n) is 16.8. The first-order chi connectivity index (χ1) is 32.4. The topological polar surface area (TPSA) is 38.7 Å². The third-order valence-corrected chi connectivity index (χ3v) is 11.9. The molecule has 0 aliphatic heterocycles. The molecular weight excluding hydrogens is 805 g/mol. The molecule has 0 aliphatic carbocycles. The minimum atomic E-state index is 0.784. The van der Waals surface area contributed by atoms with E-state index in [0.29, 0.717) is 0 Å². The monoisotopic (exact) mass is 854 g/mol. The number of rotatable bonds is 12. The summed E-state index contributed by atoms with van der Waals surface area (Å²) in [6, 6.07) is 77.6. The average Bonchev–Trinajstić information content (AvgIpc) is 3.34. The Bertz CT molecular complexity index is 2950. The van der Waals surface area contributed by atoms with E-state index in [4.69, 9.17) is 9.97 Å². The fraction of sp³-hybridized carbons (Fsp3) is 0.0667. The zero-order valence-electron chi connectivity index (χ0n) is 37.6. The fourth-order valence-corrected chi connectivity index (χ4v) is 8.86. The Morgan fingerprint density at radius 2 is 0.500 bits per heavy atom. The Labute approximate surface area is 388 Å². The van der Waals surface area contributed by atoms with Crippen LogP contribution in [0.2, 0.25) is 0 Å². The molecule has 0 saturated heterocycles. The molecule has 1 heterocycles. The normalized spacial score (nSPS) is 11.0. The standard InChI is InChI=1S/C60H50N6/c1-43-15-11-23-53(39-43)63(54-24-12-16-44(2)40-54)49-27-31-51(32-28-49)65(47-19-7-5-8-20-47)57-35-36-58(60-59(57)61-37-38-62-60)66(48-21-9-6-10-22-48)52-33-29-50(30-34-52)64(55-25-13-17-45(3)41-55)56-26-14-18-46(4)42-56/h5-42H,1-4H3. The molecule has 0 N–H and O–H groups in total. The highest BCUT2D eigenvalue weighted by Crippen LogP contribution is 2.46. The summed E-state index contributed by atoms with van der Waals surface area (Å²) in [6.07, 6.45) is 3.58. The smallest absolute Gasteiger partial charge is 0.115 e. The first-order valence-electron chi connectivity index (χ1n) is 22.4. The summed E-state index contributed by atoms with van der Waals surface area (Å²) >= 11 is 0. The van der Waals surface area contributed by atoms with Gasteiger partial charge in [-0.25, -0.2) is 0 Å². The number of anilines is 12. The molecule has 0 amide bonds. The van der Waals surface area contributed by atoms with Gasteiger partial charge in [-0.1, -0.05) is 84.9 Å². The van der Waals surface area contributed by atoms with Crippen molar-refractivity contribution in [2.45, 2.75) is 27.7 Å². The van der Waals surface area contributed by atoms with Gasteiger partial charge in [-0.05, 0) is 183 Å². The van der Waals surface area contributed by atoms with Crippen LogP contribution in [0, 0.1) is 27.7 Å². The van der Waals surface area contributed by atoms with E-state index in [1.807, 2.05) is 0 Å². The molecular formula is C60H50N6. The van der Waals surface area contributed by atoms with Crippen molar-refractivity contribution in [2.24, 2.45) is 0 Å². The van der Waals surface area contributed by atoms with Crippen LogP contribution in [0.25, 0.3) is 11.0 Å². The van der Waals surface area contributed by atoms with E-state index >= 15 is 0 Å². The maximum Gasteiger partial charge on any atom is 0.115 e. The van der Waals surface area contributed by atoms with Gasteiger partial charge in [-0.3, -0.25) is 9.97 Å². The average molecular weight is 855 g/mol. The SMILES string of the molecule is Cc1cccc(N(c2ccc(N(c3ccccc3)c3ccc(N(c4ccccc4)c4ccc(N(c5cccc(C)c5)c5cccc(C)c5)cc4)c4nccnc34)cc2)c2cccc(C)c2)c1. The van der Waals surface area contributed by atoms with E-state index in [-0.39, 0.29) is 0 Å². The summed E-state index contributed by atoms with van der Waals surface area (Å²) in [6.45, 7) is 8.56. The Morgan fingerprint density at radius 1 is 0.242 bits per heavy atom. The summed E-state index contributed by atoms with van der Waals surface area (Å²) < 4.78 is 0. The van der Waals surface area contributed by atoms with Crippen molar-refractivity contribution in [1.82, 2.24) is 9.97 Å². The third-order valence-electron chi connectivity index (χ3n) is 11.9. The first kappa shape index (κ1) is 41.5. The van der Waals surface area contributed by atoms with E-state index < -0.39 is 0 Å². The minimum absolute atomic E-state index is 0.784. The van der Waals surface area contributed by atoms with Crippen molar-refractivity contribution in [3.05, 3.63) is 253 Å². The van der Waals surface area contributed by atoms with Crippen LogP contribution in [-0.2, 0) is 0 Å². The lowest BCUT2D eigenvalue weighted by Crippen LogP contribution is -2.15. The molecule has 0 unspecified atom stereocenters. The summed E-state index contributed by atoms with van der Waals surface area (Å²) in [7, 11) is 0. The molecule has 6 heteroatoms. The van der Waals surface area contributed by atoms with Gasteiger partial charge < -0.3 is 19.6 Å². The van der Waals surface area contributed by atoms with Crippen LogP contribution in [0.3, 0.4) is 0 Å². The number of hydrogen-bond donors (Lipinski definition) is 0. The Hall–Kier alpha value is -8.48. The van der Waals surface area contributed by atoms with Crippen molar-refractivity contribution in [3.8, 4) is 0 Å². The summed E-state index contributed by atoms with van der Waals surface area (Å²) in [5.41, 5.74) is 18.8. The van der Waals surface area contributed by atoms with Crippen LogP contribution in [0.5, 0.6) is 0 Å². The number of aromatic nitrogens is 2. The van der Waals surface area contributed by atoms with Gasteiger partial charge in [0.25, 0.3) is 0 Å². The largest absolute Gasteiger partial charge is 0.310 e. The molecule has 9 aromatic carbocycles. The van der Waals surface area contributed by atoms with Gasteiger partial charge in [-0.2, -0.15) is 0 Å². The maximum atomic E-state index is 5.10. The van der Waals surface area contributed by atoms with Crippen LogP contribution < -0.4 is 19.6 Å². The highest BCUT2D eigenvalue weighted by Gasteiger charge is 2.24. The number of fused-ring (bicyclic) bond motifs is 1. The van der Waals surface area contributed by atoms with Gasteiger partial charge in [0.15, 0.2) is 0 Å². The lowest BCUT2D eigenvalue weighted by atomic mass is 10.1. The molecule has 0 aliphatic rings. The molecule has 0 radical (unpaired) electrons. The number of hydrogen-bond acceptors (Lipinski definition) is 6. The molecule has 0 spiro atoms. The van der Waals surface area contributed by atoms with Crippen LogP contribution >= 0.6 is 0 Å². The van der Waals surface area contributed by atoms with Crippen molar-refractivity contribution in [3.63, 3.8) is 0 Å². The van der Waals surface area contributed by atoms with Crippen molar-refractivity contribution < 1.29 is 0 Å². The second-order valence-corrected chi connectivity index (χ2v) is 16.8. The van der Waals surface area contributed by atoms with Crippen LogP contribution in [0.4, 0.5) is 68.2 Å². The van der Waals surface area contributed by atoms with Crippen LogP contribution in [0.1, 0.15) is 22.3 Å². The molecule has 0 bridgehead atoms. The van der Waals surface area contributed by atoms with Crippen LogP contribution in [-0.4, -0.2) is 9.97 Å². The number of aryl methyl sites for hydroxylation is 4. The third kappa shape index (κ3) is 8.48. The predicted octanol–water partition coefficient (Wildman–Crippen LogP) is 16.7. The molecule has 0 saturated carbocycles. The quantitative estimate of drug-likeness (QED) is 0.122. The zero-order chi connectivity index (χ0) is 45.0. The molecule has 10 rings (SSSR count). The van der Waals surface area contributed by atoms with E-state index in [9.17, 15) is 0 Å². The Balaban J connectivity index is 1.08. The van der Waals surface area contributed by atoms with Crippen molar-refractivity contribution >= 4 is 79.3 Å². The molecule has 66 heavy (non-hydrogen) atoms.